The van der Waals surface area contributed by atoms with E-state index in [1.54, 1.807) is 6.92 Å². The molecule has 6 aliphatic rings. The minimum Gasteiger partial charge on any atom is -0.481 e. The fourth-order valence-corrected chi connectivity index (χ4v) is 12.2. The lowest BCUT2D eigenvalue weighted by Gasteiger charge is -2.47. The van der Waals surface area contributed by atoms with Crippen molar-refractivity contribution in [2.24, 2.45) is 82.9 Å². The maximum Gasteiger partial charge on any atom is 0.312 e. The Labute approximate surface area is 297 Å². The molecule has 0 aliphatic heterocycles. The fraction of sp³-hybridized carbons (Fsp3) is 0.814. The molecule has 7 rings (SSSR count). The molecule has 6 fully saturated rings. The van der Waals surface area contributed by atoms with Crippen LogP contribution >= 0.6 is 0 Å². The molecule has 5 heteroatoms. The zero-order valence-corrected chi connectivity index (χ0v) is 25.2. The summed E-state index contributed by atoms with van der Waals surface area (Å²) in [6, 6.07) is 10.7. The van der Waals surface area contributed by atoms with Crippen LogP contribution in [0.2, 0.25) is 0 Å². The Balaban J connectivity index is 0.00000316. The molecule has 0 aromatic heterocycles. The molecular weight excluding hydrogens is 596 g/mol. The van der Waals surface area contributed by atoms with Crippen LogP contribution in [0.15, 0.2) is 30.3 Å². The molecule has 15 atom stereocenters. The number of esters is 1. The van der Waals surface area contributed by atoms with Gasteiger partial charge in [0.15, 0.2) is 6.79 Å². The topological polar surface area (TPSA) is 72.8 Å². The van der Waals surface area contributed by atoms with Crippen molar-refractivity contribution in [2.45, 2.75) is 130 Å². The van der Waals surface area contributed by atoms with Gasteiger partial charge in [-0.05, 0) is 134 Å². The zero-order chi connectivity index (χ0) is 28.4. The third-order valence-electron chi connectivity index (χ3n) is 13.9. The molecule has 6 aliphatic carbocycles. The highest BCUT2D eigenvalue weighted by atomic mass is 16.7. The molecule has 0 amide bonds. The third-order valence-corrected chi connectivity index (χ3v) is 13.9. The standard InChI is InChI=1S/C36H50O5.7CH4/c1-19(22-7-5-4-6-8-22)13-27-28-16-29(33-26-12-11-25(15-26)32(28)33)34(27)31(21(3)35(37)38)36(39)41-18-40-17-30-20(2)23-9-10-24(30)14-23;;;;;;;/h4-8,19-21,23-34H,9-18H2,1-3H3,(H,37,38);7*1H4. The maximum absolute atomic E-state index is 13.9. The Morgan fingerprint density at radius 1 is 0.771 bits per heavy atom. The number of ether oxygens (including phenoxy) is 2. The first-order valence-electron chi connectivity index (χ1n) is 16.9. The van der Waals surface area contributed by atoms with E-state index in [2.05, 4.69) is 44.2 Å². The smallest absolute Gasteiger partial charge is 0.312 e. The summed E-state index contributed by atoms with van der Waals surface area (Å²) in [7, 11) is 0. The summed E-state index contributed by atoms with van der Waals surface area (Å²) in [4.78, 5) is 26.4. The lowest BCUT2D eigenvalue weighted by Crippen LogP contribution is -2.47. The Morgan fingerprint density at radius 3 is 1.92 bits per heavy atom. The van der Waals surface area contributed by atoms with E-state index in [-0.39, 0.29) is 70.7 Å². The number of hydrogen-bond donors (Lipinski definition) is 1. The second kappa shape index (κ2) is 18.4. The van der Waals surface area contributed by atoms with Crippen molar-refractivity contribution < 1.29 is 24.2 Å². The van der Waals surface area contributed by atoms with Gasteiger partial charge >= 0.3 is 11.9 Å². The number of aliphatic carboxylic acids is 1. The maximum atomic E-state index is 13.9. The average Bonchev–Trinajstić information content (AvgIpc) is 3.81. The van der Waals surface area contributed by atoms with Gasteiger partial charge in [-0.2, -0.15) is 0 Å². The van der Waals surface area contributed by atoms with Gasteiger partial charge in [0.2, 0.25) is 0 Å². The second-order valence-corrected chi connectivity index (χ2v) is 15.3. The highest BCUT2D eigenvalue weighted by Crippen LogP contribution is 2.72. The summed E-state index contributed by atoms with van der Waals surface area (Å²) >= 11 is 0. The van der Waals surface area contributed by atoms with Crippen LogP contribution in [0.25, 0.3) is 0 Å². The predicted molar refractivity (Wildman–Crippen MR) is 204 cm³/mol. The van der Waals surface area contributed by atoms with E-state index in [0.29, 0.717) is 48.0 Å². The van der Waals surface area contributed by atoms with Crippen LogP contribution in [0.4, 0.5) is 0 Å². The number of carbonyl (C=O) groups is 2. The molecule has 1 aromatic carbocycles. The highest BCUT2D eigenvalue weighted by molar-refractivity contribution is 5.81. The summed E-state index contributed by atoms with van der Waals surface area (Å²) in [6.45, 7) is 7.00. The van der Waals surface area contributed by atoms with Gasteiger partial charge in [0.25, 0.3) is 0 Å². The second-order valence-electron chi connectivity index (χ2n) is 15.3. The molecule has 0 spiro atoms. The number of hydrogen-bond acceptors (Lipinski definition) is 4. The molecule has 5 nitrogen and oxygen atoms in total. The molecule has 0 saturated heterocycles. The molecule has 280 valence electrons. The van der Waals surface area contributed by atoms with Crippen LogP contribution in [0, 0.1) is 82.9 Å². The van der Waals surface area contributed by atoms with E-state index < -0.39 is 17.8 Å². The van der Waals surface area contributed by atoms with Crippen LogP contribution in [-0.2, 0) is 19.1 Å². The largest absolute Gasteiger partial charge is 0.481 e. The normalized spacial score (nSPS) is 37.3. The van der Waals surface area contributed by atoms with Crippen LogP contribution < -0.4 is 0 Å². The molecular formula is C43H78O5. The summed E-state index contributed by atoms with van der Waals surface area (Å²) < 4.78 is 11.9. The molecule has 0 heterocycles. The molecule has 15 unspecified atom stereocenters. The first kappa shape index (κ1) is 46.1. The van der Waals surface area contributed by atoms with Crippen molar-refractivity contribution in [1.82, 2.24) is 0 Å². The molecule has 1 aromatic rings. The van der Waals surface area contributed by atoms with Crippen LogP contribution in [0.5, 0.6) is 0 Å². The quantitative estimate of drug-likeness (QED) is 0.109. The minimum absolute atomic E-state index is 0. The molecule has 6 bridgehead atoms. The number of carbonyl (C=O) groups excluding carboxylic acids is 1. The first-order chi connectivity index (χ1) is 19.8. The van der Waals surface area contributed by atoms with E-state index in [1.807, 2.05) is 0 Å². The number of benzene rings is 1. The zero-order valence-electron chi connectivity index (χ0n) is 25.2. The first-order valence-corrected chi connectivity index (χ1v) is 16.9. The molecule has 48 heavy (non-hydrogen) atoms. The van der Waals surface area contributed by atoms with Gasteiger partial charge in [-0.15, -0.1) is 0 Å². The van der Waals surface area contributed by atoms with Gasteiger partial charge in [0.05, 0.1) is 18.4 Å². The van der Waals surface area contributed by atoms with Crippen molar-refractivity contribution in [3.63, 3.8) is 0 Å². The number of fused-ring (bicyclic) bond motifs is 11. The van der Waals surface area contributed by atoms with Gasteiger partial charge in [0.1, 0.15) is 0 Å². The molecule has 0 radical (unpaired) electrons. The summed E-state index contributed by atoms with van der Waals surface area (Å²) in [5.41, 5.74) is 1.34. The number of carboxylic acids is 1. The van der Waals surface area contributed by atoms with E-state index in [9.17, 15) is 14.7 Å². The summed E-state index contributed by atoms with van der Waals surface area (Å²) in [5.74, 6) is 5.21. The van der Waals surface area contributed by atoms with Crippen molar-refractivity contribution in [2.75, 3.05) is 13.4 Å². The minimum atomic E-state index is -0.884. The van der Waals surface area contributed by atoms with Crippen molar-refractivity contribution in [3.8, 4) is 0 Å². The lowest BCUT2D eigenvalue weighted by molar-refractivity contribution is -0.174. The van der Waals surface area contributed by atoms with Gasteiger partial charge < -0.3 is 14.6 Å². The Morgan fingerprint density at radius 2 is 1.33 bits per heavy atom. The molecule has 1 N–H and O–H groups in total. The van der Waals surface area contributed by atoms with Crippen molar-refractivity contribution in [1.29, 1.82) is 0 Å². The van der Waals surface area contributed by atoms with Gasteiger partial charge in [-0.3, -0.25) is 9.59 Å². The van der Waals surface area contributed by atoms with Gasteiger partial charge in [-0.25, -0.2) is 0 Å². The number of carboxylic acid groups (broad SMARTS) is 1. The van der Waals surface area contributed by atoms with Crippen LogP contribution in [-0.4, -0.2) is 30.4 Å². The monoisotopic (exact) mass is 675 g/mol. The summed E-state index contributed by atoms with van der Waals surface area (Å²) in [6.07, 6.45) is 10.2. The van der Waals surface area contributed by atoms with E-state index >= 15 is 0 Å². The van der Waals surface area contributed by atoms with Crippen LogP contribution in [0.3, 0.4) is 0 Å². The summed E-state index contributed by atoms with van der Waals surface area (Å²) in [5, 5.41) is 10.2. The Bertz CT molecular complexity index is 1120. The SMILES string of the molecule is C.C.C.C.C.C.C.CC(CC1C2CC(C1C(C(=O)OCOCC1C3CCC(C3)C1C)C(C)C(=O)O)C1C3CCC(C3)C21)c1ccccc1. The fourth-order valence-electron chi connectivity index (χ4n) is 12.2. The third kappa shape index (κ3) is 7.71. The predicted octanol–water partition coefficient (Wildman–Crippen LogP) is 11.7. The number of rotatable bonds is 11. The van der Waals surface area contributed by atoms with E-state index in [4.69, 9.17) is 9.47 Å². The van der Waals surface area contributed by atoms with E-state index in [0.717, 1.165) is 36.0 Å². The highest BCUT2D eigenvalue weighted by Gasteiger charge is 2.67. The van der Waals surface area contributed by atoms with Crippen molar-refractivity contribution >= 4 is 11.9 Å². The Hall–Kier alpha value is -1.88. The Kier molecular flexibility index (Phi) is 17.7. The molecule has 6 saturated carbocycles. The lowest BCUT2D eigenvalue weighted by atomic mass is 9.57. The van der Waals surface area contributed by atoms with Gasteiger partial charge in [-0.1, -0.05) is 103 Å². The van der Waals surface area contributed by atoms with Crippen molar-refractivity contribution in [3.05, 3.63) is 35.9 Å². The van der Waals surface area contributed by atoms with Crippen LogP contribution in [0.1, 0.15) is 136 Å². The van der Waals surface area contributed by atoms with E-state index in [1.165, 1.54) is 50.5 Å². The van der Waals surface area contributed by atoms with Gasteiger partial charge in [0, 0.05) is 0 Å². The average molecular weight is 675 g/mol.